The molecule has 0 aliphatic heterocycles. The lowest BCUT2D eigenvalue weighted by atomic mass is 10.2. The van der Waals surface area contributed by atoms with Gasteiger partial charge in [-0.1, -0.05) is 30.3 Å². The van der Waals surface area contributed by atoms with E-state index in [4.69, 9.17) is 10.5 Å². The molecule has 0 bridgehead atoms. The molecular formula is C21H19N7O3. The summed E-state index contributed by atoms with van der Waals surface area (Å²) in [6.45, 7) is -0.156. The van der Waals surface area contributed by atoms with Crippen molar-refractivity contribution in [2.45, 2.75) is 19.4 Å². The van der Waals surface area contributed by atoms with Crippen molar-refractivity contribution in [2.75, 3.05) is 11.1 Å². The molecule has 0 aliphatic carbocycles. The third kappa shape index (κ3) is 5.18. The summed E-state index contributed by atoms with van der Waals surface area (Å²) in [6.07, 6.45) is 0.274. The van der Waals surface area contributed by atoms with E-state index in [1.165, 1.54) is 0 Å². The number of hydrogen-bond acceptors (Lipinski definition) is 9. The van der Waals surface area contributed by atoms with E-state index in [9.17, 15) is 9.59 Å². The molecule has 156 valence electrons. The van der Waals surface area contributed by atoms with Crippen LogP contribution in [-0.4, -0.2) is 30.9 Å². The summed E-state index contributed by atoms with van der Waals surface area (Å²) < 4.78 is 5.23. The molecular weight excluding hydrogens is 398 g/mol. The fourth-order valence-electron chi connectivity index (χ4n) is 2.90. The summed E-state index contributed by atoms with van der Waals surface area (Å²) in [7, 11) is 0. The van der Waals surface area contributed by atoms with Crippen molar-refractivity contribution in [3.8, 4) is 0 Å². The van der Waals surface area contributed by atoms with Crippen LogP contribution in [-0.2, 0) is 22.6 Å². The van der Waals surface area contributed by atoms with Gasteiger partial charge in [-0.3, -0.25) is 9.59 Å². The number of H-pyrrole nitrogens is 1. The highest BCUT2D eigenvalue weighted by Gasteiger charge is 2.11. The number of para-hydroxylation sites is 2. The molecule has 4 N–H and O–H groups in total. The molecule has 2 heterocycles. The van der Waals surface area contributed by atoms with Crippen LogP contribution in [0.1, 0.15) is 18.1 Å². The molecule has 4 rings (SSSR count). The Morgan fingerprint density at radius 2 is 1.77 bits per heavy atom. The molecule has 0 aliphatic rings. The van der Waals surface area contributed by atoms with Crippen molar-refractivity contribution in [2.24, 2.45) is 0 Å². The van der Waals surface area contributed by atoms with Crippen LogP contribution < -0.4 is 16.6 Å². The van der Waals surface area contributed by atoms with Gasteiger partial charge in [0.15, 0.2) is 12.4 Å². The van der Waals surface area contributed by atoms with Gasteiger partial charge in [-0.2, -0.15) is 15.0 Å². The number of aromatic nitrogens is 5. The molecule has 0 fully saturated rings. The summed E-state index contributed by atoms with van der Waals surface area (Å²) in [5.41, 5.74) is 6.85. The molecule has 10 nitrogen and oxygen atoms in total. The number of ether oxygens (including phenoxy) is 1. The minimum absolute atomic E-state index is 0.0115. The van der Waals surface area contributed by atoms with Crippen LogP contribution in [0.25, 0.3) is 10.9 Å². The zero-order valence-corrected chi connectivity index (χ0v) is 16.4. The zero-order valence-electron chi connectivity index (χ0n) is 16.4. The van der Waals surface area contributed by atoms with Crippen molar-refractivity contribution in [3.63, 3.8) is 0 Å². The molecule has 10 heteroatoms. The van der Waals surface area contributed by atoms with Crippen LogP contribution >= 0.6 is 0 Å². The summed E-state index contributed by atoms with van der Waals surface area (Å²) in [5, 5.41) is 3.52. The highest BCUT2D eigenvalue weighted by molar-refractivity contribution is 5.77. The second-order valence-electron chi connectivity index (χ2n) is 6.61. The van der Waals surface area contributed by atoms with Gasteiger partial charge >= 0.3 is 5.97 Å². The Morgan fingerprint density at radius 1 is 1.00 bits per heavy atom. The lowest BCUT2D eigenvalue weighted by Crippen LogP contribution is -2.14. The normalized spacial score (nSPS) is 10.7. The maximum Gasteiger partial charge on any atom is 0.306 e. The van der Waals surface area contributed by atoms with Crippen molar-refractivity contribution in [3.05, 3.63) is 76.6 Å². The highest BCUT2D eigenvalue weighted by Crippen LogP contribution is 2.13. The van der Waals surface area contributed by atoms with Crippen molar-refractivity contribution in [1.82, 2.24) is 24.9 Å². The van der Waals surface area contributed by atoms with Crippen LogP contribution in [0, 0.1) is 0 Å². The number of rotatable bonds is 7. The fourth-order valence-corrected chi connectivity index (χ4v) is 2.90. The average molecular weight is 417 g/mol. The minimum Gasteiger partial charge on any atom is -0.457 e. The van der Waals surface area contributed by atoms with Crippen LogP contribution in [0.2, 0.25) is 0 Å². The SMILES string of the molecule is Nc1nc(COC(=O)CCc2nc3ccccc3c(=O)[nH]2)nc(Nc2ccccc2)n1. The topological polar surface area (TPSA) is 149 Å². The largest absolute Gasteiger partial charge is 0.457 e. The number of carbonyl (C=O) groups excluding carboxylic acids is 1. The Bertz CT molecular complexity index is 1270. The molecule has 4 aromatic rings. The molecule has 2 aromatic carbocycles. The van der Waals surface area contributed by atoms with Crippen molar-refractivity contribution in [1.29, 1.82) is 0 Å². The zero-order chi connectivity index (χ0) is 21.6. The first-order chi connectivity index (χ1) is 15.1. The van der Waals surface area contributed by atoms with Gasteiger partial charge < -0.3 is 20.8 Å². The van der Waals surface area contributed by atoms with Gasteiger partial charge in [0, 0.05) is 12.1 Å². The second kappa shape index (κ2) is 8.99. The number of benzene rings is 2. The Balaban J connectivity index is 1.35. The van der Waals surface area contributed by atoms with Gasteiger partial charge in [-0.15, -0.1) is 0 Å². The number of nitrogens with two attached hydrogens (primary N) is 1. The molecule has 0 unspecified atom stereocenters. The van der Waals surface area contributed by atoms with E-state index < -0.39 is 5.97 Å². The monoisotopic (exact) mass is 417 g/mol. The van der Waals surface area contributed by atoms with Gasteiger partial charge in [0.05, 0.1) is 17.3 Å². The van der Waals surface area contributed by atoms with Gasteiger partial charge in [-0.25, -0.2) is 4.98 Å². The first kappa shape index (κ1) is 20.0. The van der Waals surface area contributed by atoms with E-state index in [-0.39, 0.29) is 42.7 Å². The fraction of sp³-hybridized carbons (Fsp3) is 0.143. The second-order valence-corrected chi connectivity index (χ2v) is 6.61. The number of fused-ring (bicyclic) bond motifs is 1. The standard InChI is InChI=1S/C21H19N7O3/c22-20-26-17(27-21(28-20)23-13-6-2-1-3-7-13)12-31-18(29)11-10-16-24-15-9-5-4-8-14(15)19(30)25-16/h1-9H,10-12H2,(H,24,25,30)(H3,22,23,26,27,28). The molecule has 0 amide bonds. The van der Waals surface area contributed by atoms with Gasteiger partial charge in [0.25, 0.3) is 5.56 Å². The third-order valence-corrected chi connectivity index (χ3v) is 4.32. The Hall–Kier alpha value is -4.34. The molecule has 0 spiro atoms. The van der Waals surface area contributed by atoms with E-state index in [2.05, 4.69) is 30.2 Å². The Morgan fingerprint density at radius 3 is 2.61 bits per heavy atom. The summed E-state index contributed by atoms with van der Waals surface area (Å²) >= 11 is 0. The highest BCUT2D eigenvalue weighted by atomic mass is 16.5. The first-order valence-corrected chi connectivity index (χ1v) is 9.53. The predicted octanol–water partition coefficient (Wildman–Crippen LogP) is 2.11. The smallest absolute Gasteiger partial charge is 0.306 e. The number of nitrogens with one attached hydrogen (secondary N) is 2. The summed E-state index contributed by atoms with van der Waals surface area (Å²) in [6, 6.07) is 16.3. The van der Waals surface area contributed by atoms with E-state index >= 15 is 0 Å². The number of aryl methyl sites for hydroxylation is 1. The number of esters is 1. The lowest BCUT2D eigenvalue weighted by molar-refractivity contribution is -0.145. The van der Waals surface area contributed by atoms with Gasteiger partial charge in [0.2, 0.25) is 11.9 Å². The van der Waals surface area contributed by atoms with Gasteiger partial charge in [-0.05, 0) is 24.3 Å². The first-order valence-electron chi connectivity index (χ1n) is 9.53. The average Bonchev–Trinajstić information content (AvgIpc) is 2.77. The molecule has 0 saturated carbocycles. The van der Waals surface area contributed by atoms with Crippen LogP contribution in [0.4, 0.5) is 17.6 Å². The van der Waals surface area contributed by atoms with E-state index in [0.29, 0.717) is 16.7 Å². The quantitative estimate of drug-likeness (QED) is 0.384. The van der Waals surface area contributed by atoms with Crippen molar-refractivity contribution >= 4 is 34.5 Å². The number of aromatic amines is 1. The number of hydrogen-bond donors (Lipinski definition) is 3. The molecule has 0 atom stereocenters. The number of anilines is 3. The summed E-state index contributed by atoms with van der Waals surface area (Å²) in [5.74, 6) is 0.420. The number of nitrogens with zero attached hydrogens (tertiary/aromatic N) is 4. The van der Waals surface area contributed by atoms with Crippen LogP contribution in [0.5, 0.6) is 0 Å². The summed E-state index contributed by atoms with van der Waals surface area (Å²) in [4.78, 5) is 43.5. The van der Waals surface area contributed by atoms with Gasteiger partial charge in [0.1, 0.15) is 5.82 Å². The Kier molecular flexibility index (Phi) is 5.79. The number of carbonyl (C=O) groups is 1. The molecule has 0 saturated heterocycles. The minimum atomic E-state index is -0.479. The van der Waals surface area contributed by atoms with Crippen molar-refractivity contribution < 1.29 is 9.53 Å². The lowest BCUT2D eigenvalue weighted by Gasteiger charge is -2.08. The maximum absolute atomic E-state index is 12.1. The van der Waals surface area contributed by atoms with E-state index in [0.717, 1.165) is 5.69 Å². The van der Waals surface area contributed by atoms with E-state index in [1.807, 2.05) is 30.3 Å². The van der Waals surface area contributed by atoms with Crippen LogP contribution in [0.3, 0.4) is 0 Å². The maximum atomic E-state index is 12.1. The predicted molar refractivity (Wildman–Crippen MR) is 114 cm³/mol. The molecule has 0 radical (unpaired) electrons. The Labute approximate surface area is 176 Å². The van der Waals surface area contributed by atoms with Crippen LogP contribution in [0.15, 0.2) is 59.4 Å². The molecule has 31 heavy (non-hydrogen) atoms. The molecule has 2 aromatic heterocycles. The number of nitrogen functional groups attached to an aromatic ring is 1. The van der Waals surface area contributed by atoms with E-state index in [1.54, 1.807) is 24.3 Å². The third-order valence-electron chi connectivity index (χ3n) is 4.32.